The third-order valence-electron chi connectivity index (χ3n) is 4.27. The van der Waals surface area contributed by atoms with E-state index < -0.39 is 17.8 Å². The van der Waals surface area contributed by atoms with E-state index in [1.807, 2.05) is 12.3 Å². The van der Waals surface area contributed by atoms with Gasteiger partial charge in [-0.25, -0.2) is 9.37 Å². The van der Waals surface area contributed by atoms with Crippen molar-refractivity contribution >= 4 is 28.3 Å². The van der Waals surface area contributed by atoms with E-state index in [1.165, 1.54) is 22.3 Å². The number of rotatable bonds is 3. The number of carbonyl (C=O) groups is 2. The van der Waals surface area contributed by atoms with Crippen LogP contribution in [0, 0.1) is 18.7 Å². The molecule has 1 aromatic carbocycles. The predicted octanol–water partition coefficient (Wildman–Crippen LogP) is 3.14. The van der Waals surface area contributed by atoms with Crippen LogP contribution in [0.15, 0.2) is 29.6 Å². The molecule has 126 valence electrons. The number of amides is 2. The molecule has 0 bridgehead atoms. The number of hydrogen-bond donors (Lipinski definition) is 1. The highest BCUT2D eigenvalue weighted by atomic mass is 32.1. The van der Waals surface area contributed by atoms with E-state index in [0.29, 0.717) is 17.1 Å². The molecule has 1 N–H and O–H groups in total. The largest absolute Gasteiger partial charge is 0.338 e. The number of nitrogens with one attached hydrogen (secondary N) is 1. The molecule has 1 aliphatic heterocycles. The summed E-state index contributed by atoms with van der Waals surface area (Å²) in [6, 6.07) is 5.67. The van der Waals surface area contributed by atoms with Gasteiger partial charge in [0.1, 0.15) is 5.82 Å². The van der Waals surface area contributed by atoms with E-state index in [-0.39, 0.29) is 18.2 Å². The number of thiazole rings is 1. The Morgan fingerprint density at radius 1 is 1.42 bits per heavy atom. The Hall–Kier alpha value is -2.28. The van der Waals surface area contributed by atoms with E-state index in [4.69, 9.17) is 0 Å². The molecule has 0 unspecified atom stereocenters. The second kappa shape index (κ2) is 6.68. The number of likely N-dealkylation sites (tertiary alicyclic amines) is 1. The van der Waals surface area contributed by atoms with Crippen LogP contribution >= 0.6 is 11.3 Å². The molecular weight excluding hydrogens is 329 g/mol. The molecule has 1 aliphatic rings. The van der Waals surface area contributed by atoms with E-state index in [9.17, 15) is 14.0 Å². The molecule has 5 nitrogen and oxygen atoms in total. The first-order chi connectivity index (χ1) is 11.5. The van der Waals surface area contributed by atoms with E-state index in [0.717, 1.165) is 5.69 Å². The summed E-state index contributed by atoms with van der Waals surface area (Å²) in [6.45, 7) is 1.85. The van der Waals surface area contributed by atoms with Crippen LogP contribution in [-0.4, -0.2) is 28.7 Å². The van der Waals surface area contributed by atoms with Gasteiger partial charge < -0.3 is 10.2 Å². The smallest absolute Gasteiger partial charge is 0.231 e. The Morgan fingerprint density at radius 3 is 2.83 bits per heavy atom. The van der Waals surface area contributed by atoms with Crippen molar-refractivity contribution in [1.29, 1.82) is 0 Å². The molecule has 3 rings (SSSR count). The molecule has 1 saturated heterocycles. The first-order valence-corrected chi connectivity index (χ1v) is 8.58. The summed E-state index contributed by atoms with van der Waals surface area (Å²) < 4.78 is 14.3. The standard InChI is InChI=1S/C17H18FN3O2S/c1-10-9-24-17(19-10)20-16(23)12-7-8-14(22)21(2)15(12)11-5-3-4-6-13(11)18/h3-6,9,12,15H,7-8H2,1-2H3,(H,19,20,23)/t12-,15+/m1/s1. The molecule has 2 atom stereocenters. The lowest BCUT2D eigenvalue weighted by atomic mass is 9.84. The van der Waals surface area contributed by atoms with Gasteiger partial charge in [-0.05, 0) is 19.4 Å². The van der Waals surface area contributed by atoms with Crippen LogP contribution in [-0.2, 0) is 9.59 Å². The van der Waals surface area contributed by atoms with Crippen molar-refractivity contribution in [3.8, 4) is 0 Å². The summed E-state index contributed by atoms with van der Waals surface area (Å²) >= 11 is 1.35. The molecule has 2 amide bonds. The van der Waals surface area contributed by atoms with E-state index in [2.05, 4.69) is 10.3 Å². The number of carbonyl (C=O) groups excluding carboxylic acids is 2. The van der Waals surface area contributed by atoms with Gasteiger partial charge in [0.2, 0.25) is 11.8 Å². The summed E-state index contributed by atoms with van der Waals surface area (Å²) in [6.07, 6.45) is 0.662. The molecule has 0 radical (unpaired) electrons. The van der Waals surface area contributed by atoms with Gasteiger partial charge in [0, 0.05) is 24.4 Å². The number of benzene rings is 1. The summed E-state index contributed by atoms with van der Waals surface area (Å²) in [5.74, 6) is -1.25. The number of hydrogen-bond acceptors (Lipinski definition) is 4. The van der Waals surface area contributed by atoms with Crippen LogP contribution in [0.3, 0.4) is 0 Å². The lowest BCUT2D eigenvalue weighted by Gasteiger charge is -2.38. The molecule has 1 fully saturated rings. The minimum atomic E-state index is -0.617. The maximum absolute atomic E-state index is 14.3. The van der Waals surface area contributed by atoms with Crippen molar-refractivity contribution in [2.45, 2.75) is 25.8 Å². The van der Waals surface area contributed by atoms with Crippen molar-refractivity contribution in [1.82, 2.24) is 9.88 Å². The minimum absolute atomic E-state index is 0.0857. The number of nitrogens with zero attached hydrogens (tertiary/aromatic N) is 2. The highest BCUT2D eigenvalue weighted by Gasteiger charge is 2.40. The molecule has 2 heterocycles. The van der Waals surface area contributed by atoms with Crippen molar-refractivity contribution in [2.24, 2.45) is 5.92 Å². The SMILES string of the molecule is Cc1csc(NC(=O)[C@@H]2CCC(=O)N(C)[C@H]2c2ccccc2F)n1. The fraction of sp³-hybridized carbons (Fsp3) is 0.353. The van der Waals surface area contributed by atoms with Gasteiger partial charge in [-0.3, -0.25) is 9.59 Å². The normalized spacial score (nSPS) is 21.0. The zero-order valence-corrected chi connectivity index (χ0v) is 14.3. The first kappa shape index (κ1) is 16.6. The van der Waals surface area contributed by atoms with Crippen molar-refractivity contribution in [3.63, 3.8) is 0 Å². The van der Waals surface area contributed by atoms with Crippen molar-refractivity contribution < 1.29 is 14.0 Å². The Bertz CT molecular complexity index is 777. The first-order valence-electron chi connectivity index (χ1n) is 7.70. The molecule has 2 aromatic rings. The Morgan fingerprint density at radius 2 is 2.17 bits per heavy atom. The number of aryl methyl sites for hydroxylation is 1. The second-order valence-electron chi connectivity index (χ2n) is 5.90. The minimum Gasteiger partial charge on any atom is -0.338 e. The quantitative estimate of drug-likeness (QED) is 0.928. The molecule has 0 saturated carbocycles. The van der Waals surface area contributed by atoms with Crippen LogP contribution in [0.2, 0.25) is 0 Å². The Balaban J connectivity index is 1.90. The maximum Gasteiger partial charge on any atom is 0.231 e. The molecule has 0 aliphatic carbocycles. The molecule has 24 heavy (non-hydrogen) atoms. The lowest BCUT2D eigenvalue weighted by Crippen LogP contribution is -2.44. The summed E-state index contributed by atoms with van der Waals surface area (Å²) in [5.41, 5.74) is 1.19. The average molecular weight is 347 g/mol. The predicted molar refractivity (Wildman–Crippen MR) is 90.1 cm³/mol. The third-order valence-corrected chi connectivity index (χ3v) is 5.15. The average Bonchev–Trinajstić information content (AvgIpc) is 2.95. The van der Waals surface area contributed by atoms with E-state index in [1.54, 1.807) is 25.2 Å². The van der Waals surface area contributed by atoms with Gasteiger partial charge >= 0.3 is 0 Å². The highest BCUT2D eigenvalue weighted by Crippen LogP contribution is 2.37. The summed E-state index contributed by atoms with van der Waals surface area (Å²) in [7, 11) is 1.62. The highest BCUT2D eigenvalue weighted by molar-refractivity contribution is 7.13. The van der Waals surface area contributed by atoms with Crippen LogP contribution < -0.4 is 5.32 Å². The van der Waals surface area contributed by atoms with Crippen molar-refractivity contribution in [3.05, 3.63) is 46.7 Å². The molecule has 0 spiro atoms. The number of aromatic nitrogens is 1. The maximum atomic E-state index is 14.3. The Labute approximate surface area is 143 Å². The summed E-state index contributed by atoms with van der Waals surface area (Å²) in [5, 5.41) is 5.16. The van der Waals surface area contributed by atoms with Gasteiger partial charge in [-0.1, -0.05) is 18.2 Å². The van der Waals surface area contributed by atoms with Gasteiger partial charge in [-0.2, -0.15) is 0 Å². The van der Waals surface area contributed by atoms with Gasteiger partial charge in [0.15, 0.2) is 5.13 Å². The van der Waals surface area contributed by atoms with Gasteiger partial charge in [0.05, 0.1) is 17.7 Å². The van der Waals surface area contributed by atoms with Crippen LogP contribution in [0.1, 0.15) is 30.1 Å². The van der Waals surface area contributed by atoms with Crippen molar-refractivity contribution in [2.75, 3.05) is 12.4 Å². The van der Waals surface area contributed by atoms with Gasteiger partial charge in [-0.15, -0.1) is 11.3 Å². The zero-order valence-electron chi connectivity index (χ0n) is 13.5. The third kappa shape index (κ3) is 3.17. The van der Waals surface area contributed by atoms with Crippen LogP contribution in [0.25, 0.3) is 0 Å². The Kier molecular flexibility index (Phi) is 4.62. The fourth-order valence-corrected chi connectivity index (χ4v) is 3.75. The second-order valence-corrected chi connectivity index (χ2v) is 6.76. The fourth-order valence-electron chi connectivity index (χ4n) is 3.06. The molecule has 7 heteroatoms. The lowest BCUT2D eigenvalue weighted by molar-refractivity contribution is -0.140. The number of halogens is 1. The number of piperidine rings is 1. The number of anilines is 1. The van der Waals surface area contributed by atoms with Crippen LogP contribution in [0.4, 0.5) is 9.52 Å². The monoisotopic (exact) mass is 347 g/mol. The topological polar surface area (TPSA) is 62.3 Å². The van der Waals surface area contributed by atoms with Gasteiger partial charge in [0.25, 0.3) is 0 Å². The zero-order chi connectivity index (χ0) is 17.3. The van der Waals surface area contributed by atoms with Crippen LogP contribution in [0.5, 0.6) is 0 Å². The summed E-state index contributed by atoms with van der Waals surface area (Å²) in [4.78, 5) is 30.5. The van der Waals surface area contributed by atoms with E-state index >= 15 is 0 Å². The molecular formula is C17H18FN3O2S. The molecule has 1 aromatic heterocycles.